The first-order valence-electron chi connectivity index (χ1n) is 7.91. The molecule has 25 heavy (non-hydrogen) atoms. The van der Waals surface area contributed by atoms with Crippen LogP contribution in [0.25, 0.3) is 6.08 Å². The van der Waals surface area contributed by atoms with Crippen LogP contribution in [0.5, 0.6) is 5.75 Å². The van der Waals surface area contributed by atoms with Crippen LogP contribution in [-0.4, -0.2) is 18.8 Å². The first-order valence-corrected chi connectivity index (χ1v) is 7.91. The zero-order valence-electron chi connectivity index (χ0n) is 14.6. The number of hydrogen-bond acceptors (Lipinski definition) is 3. The minimum atomic E-state index is -0.416. The number of benzene rings is 2. The van der Waals surface area contributed by atoms with Gasteiger partial charge in [-0.2, -0.15) is 0 Å². The summed E-state index contributed by atoms with van der Waals surface area (Å²) in [6.07, 6.45) is 5.04. The lowest BCUT2D eigenvalue weighted by Crippen LogP contribution is -2.19. The standard InChI is InChI=1S/C21H21NO3/c1-15-7-4-5-10-20(15)22-21(24)19(16(2)23)9-6-8-17-11-13-18(25-3)14-12-17/h4-14H,1-3H3,(H,22,24)/b8-6+,19-9+. The summed E-state index contributed by atoms with van der Waals surface area (Å²) in [7, 11) is 1.61. The third-order valence-electron chi connectivity index (χ3n) is 3.68. The fourth-order valence-corrected chi connectivity index (χ4v) is 2.23. The van der Waals surface area contributed by atoms with E-state index in [9.17, 15) is 9.59 Å². The molecule has 0 fully saturated rings. The number of Topliss-reactive ketones (excluding diaryl/α,β-unsaturated/α-hetero) is 1. The molecule has 0 aliphatic rings. The summed E-state index contributed by atoms with van der Waals surface area (Å²) in [5.41, 5.74) is 2.68. The number of amides is 1. The van der Waals surface area contributed by atoms with Crippen molar-refractivity contribution in [2.45, 2.75) is 13.8 Å². The van der Waals surface area contributed by atoms with E-state index in [0.29, 0.717) is 5.69 Å². The van der Waals surface area contributed by atoms with E-state index < -0.39 is 5.91 Å². The second-order valence-electron chi connectivity index (χ2n) is 5.54. The molecule has 2 aromatic carbocycles. The van der Waals surface area contributed by atoms with E-state index in [4.69, 9.17) is 4.74 Å². The fraction of sp³-hybridized carbons (Fsp3) is 0.143. The number of methoxy groups -OCH3 is 1. The van der Waals surface area contributed by atoms with Gasteiger partial charge in [-0.1, -0.05) is 42.5 Å². The number of nitrogens with one attached hydrogen (secondary N) is 1. The molecule has 0 aliphatic heterocycles. The number of ketones is 1. The largest absolute Gasteiger partial charge is 0.497 e. The Labute approximate surface area is 147 Å². The molecule has 0 bridgehead atoms. The number of rotatable bonds is 6. The summed E-state index contributed by atoms with van der Waals surface area (Å²) in [5.74, 6) is 0.0707. The third-order valence-corrected chi connectivity index (χ3v) is 3.68. The van der Waals surface area contributed by atoms with Crippen molar-refractivity contribution in [2.24, 2.45) is 0 Å². The van der Waals surface area contributed by atoms with Gasteiger partial charge in [0.25, 0.3) is 5.91 Å². The predicted molar refractivity (Wildman–Crippen MR) is 101 cm³/mol. The molecule has 0 saturated heterocycles. The van der Waals surface area contributed by atoms with Gasteiger partial charge in [-0.25, -0.2) is 0 Å². The molecule has 0 atom stereocenters. The highest BCUT2D eigenvalue weighted by atomic mass is 16.5. The lowest BCUT2D eigenvalue weighted by atomic mass is 10.1. The number of aryl methyl sites for hydroxylation is 1. The average Bonchev–Trinajstić information content (AvgIpc) is 2.60. The topological polar surface area (TPSA) is 55.4 Å². The highest BCUT2D eigenvalue weighted by molar-refractivity contribution is 6.23. The van der Waals surface area contributed by atoms with Gasteiger partial charge in [-0.15, -0.1) is 0 Å². The van der Waals surface area contributed by atoms with Crippen LogP contribution in [0.4, 0.5) is 5.69 Å². The second kappa shape index (κ2) is 8.64. The molecule has 4 heteroatoms. The van der Waals surface area contributed by atoms with Crippen LogP contribution in [0.2, 0.25) is 0 Å². The zero-order valence-corrected chi connectivity index (χ0v) is 14.6. The number of allylic oxidation sites excluding steroid dienone is 2. The summed E-state index contributed by atoms with van der Waals surface area (Å²) < 4.78 is 5.11. The van der Waals surface area contributed by atoms with Gasteiger partial charge in [-0.05, 0) is 49.2 Å². The molecule has 2 aromatic rings. The van der Waals surface area contributed by atoms with E-state index in [0.717, 1.165) is 16.9 Å². The summed E-state index contributed by atoms with van der Waals surface area (Å²) in [6.45, 7) is 3.28. The highest BCUT2D eigenvalue weighted by Crippen LogP contribution is 2.15. The first kappa shape index (κ1) is 18.2. The molecular formula is C21H21NO3. The molecular weight excluding hydrogens is 314 g/mol. The maximum atomic E-state index is 12.4. The molecule has 0 unspecified atom stereocenters. The van der Waals surface area contributed by atoms with Crippen LogP contribution in [0.1, 0.15) is 18.1 Å². The van der Waals surface area contributed by atoms with Gasteiger partial charge >= 0.3 is 0 Å². The summed E-state index contributed by atoms with van der Waals surface area (Å²) in [4.78, 5) is 24.2. The molecule has 0 saturated carbocycles. The first-order chi connectivity index (χ1) is 12.0. The molecule has 4 nitrogen and oxygen atoms in total. The highest BCUT2D eigenvalue weighted by Gasteiger charge is 2.14. The van der Waals surface area contributed by atoms with Gasteiger partial charge in [0.2, 0.25) is 0 Å². The maximum absolute atomic E-state index is 12.4. The zero-order chi connectivity index (χ0) is 18.2. The number of ether oxygens (including phenoxy) is 1. The molecule has 0 aliphatic carbocycles. The van der Waals surface area contributed by atoms with Gasteiger partial charge in [-0.3, -0.25) is 9.59 Å². The molecule has 0 spiro atoms. The molecule has 1 N–H and O–H groups in total. The van der Waals surface area contributed by atoms with E-state index in [2.05, 4.69) is 5.32 Å². The maximum Gasteiger partial charge on any atom is 0.259 e. The number of carbonyl (C=O) groups is 2. The molecule has 2 rings (SSSR count). The lowest BCUT2D eigenvalue weighted by Gasteiger charge is -2.08. The van der Waals surface area contributed by atoms with Crippen molar-refractivity contribution < 1.29 is 14.3 Å². The average molecular weight is 335 g/mol. The van der Waals surface area contributed by atoms with Crippen molar-refractivity contribution >= 4 is 23.5 Å². The van der Waals surface area contributed by atoms with Crippen molar-refractivity contribution in [3.8, 4) is 5.75 Å². The number of anilines is 1. The Morgan fingerprint density at radius 1 is 1.04 bits per heavy atom. The van der Waals surface area contributed by atoms with Gasteiger partial charge < -0.3 is 10.1 Å². The van der Waals surface area contributed by atoms with Crippen LogP contribution >= 0.6 is 0 Å². The van der Waals surface area contributed by atoms with E-state index in [-0.39, 0.29) is 11.4 Å². The van der Waals surface area contributed by atoms with Crippen LogP contribution in [0.15, 0.2) is 66.3 Å². The summed E-state index contributed by atoms with van der Waals surface area (Å²) >= 11 is 0. The van der Waals surface area contributed by atoms with E-state index >= 15 is 0 Å². The Morgan fingerprint density at radius 2 is 1.72 bits per heavy atom. The van der Waals surface area contributed by atoms with Crippen LogP contribution in [-0.2, 0) is 9.59 Å². The second-order valence-corrected chi connectivity index (χ2v) is 5.54. The monoisotopic (exact) mass is 335 g/mol. The molecule has 128 valence electrons. The Kier molecular flexibility index (Phi) is 6.29. The van der Waals surface area contributed by atoms with Crippen molar-refractivity contribution in [1.29, 1.82) is 0 Å². The third kappa shape index (κ3) is 5.18. The Morgan fingerprint density at radius 3 is 2.32 bits per heavy atom. The number of hydrogen-bond donors (Lipinski definition) is 1. The molecule has 0 heterocycles. The number of para-hydroxylation sites is 1. The quantitative estimate of drug-likeness (QED) is 0.373. The summed E-state index contributed by atoms with van der Waals surface area (Å²) in [5, 5.41) is 2.78. The van der Waals surface area contributed by atoms with Crippen molar-refractivity contribution in [2.75, 3.05) is 12.4 Å². The van der Waals surface area contributed by atoms with Gasteiger partial charge in [0.05, 0.1) is 12.7 Å². The van der Waals surface area contributed by atoms with E-state index in [1.165, 1.54) is 13.0 Å². The van der Waals surface area contributed by atoms with Gasteiger partial charge in [0.1, 0.15) is 5.75 Å². The predicted octanol–water partition coefficient (Wildman–Crippen LogP) is 4.17. The SMILES string of the molecule is COc1ccc(/C=C/C=C(\C(C)=O)C(=O)Nc2ccccc2C)cc1. The van der Waals surface area contributed by atoms with E-state index in [1.807, 2.05) is 55.5 Å². The van der Waals surface area contributed by atoms with Crippen molar-refractivity contribution in [3.05, 3.63) is 77.4 Å². The Bertz CT molecular complexity index is 817. The minimum absolute atomic E-state index is 0.105. The molecule has 1 amide bonds. The van der Waals surface area contributed by atoms with E-state index in [1.54, 1.807) is 19.3 Å². The fourth-order valence-electron chi connectivity index (χ4n) is 2.23. The van der Waals surface area contributed by atoms with Crippen molar-refractivity contribution in [1.82, 2.24) is 0 Å². The summed E-state index contributed by atoms with van der Waals surface area (Å²) in [6, 6.07) is 14.9. The van der Waals surface area contributed by atoms with Crippen molar-refractivity contribution in [3.63, 3.8) is 0 Å². The van der Waals surface area contributed by atoms with Crippen LogP contribution in [0, 0.1) is 6.92 Å². The smallest absolute Gasteiger partial charge is 0.259 e. The van der Waals surface area contributed by atoms with Gasteiger partial charge in [0.15, 0.2) is 5.78 Å². The Balaban J connectivity index is 2.14. The van der Waals surface area contributed by atoms with Crippen LogP contribution < -0.4 is 10.1 Å². The van der Waals surface area contributed by atoms with Gasteiger partial charge in [0, 0.05) is 5.69 Å². The molecule has 0 aromatic heterocycles. The normalized spacial score (nSPS) is 11.4. The molecule has 0 radical (unpaired) electrons. The lowest BCUT2D eigenvalue weighted by molar-refractivity contribution is -0.118. The minimum Gasteiger partial charge on any atom is -0.497 e. The van der Waals surface area contributed by atoms with Crippen LogP contribution in [0.3, 0.4) is 0 Å². The Hall–Kier alpha value is -3.14. The number of carbonyl (C=O) groups excluding carboxylic acids is 2.